The Hall–Kier alpha value is -0.570. The lowest BCUT2D eigenvalue weighted by Gasteiger charge is -2.37. The lowest BCUT2D eigenvalue weighted by molar-refractivity contribution is -0.135. The van der Waals surface area contributed by atoms with Gasteiger partial charge in [0.15, 0.2) is 0 Å². The molecule has 0 aliphatic carbocycles. The Morgan fingerprint density at radius 3 is 2.75 bits per heavy atom. The van der Waals surface area contributed by atoms with Gasteiger partial charge < -0.3 is 10.6 Å². The quantitative estimate of drug-likeness (QED) is 0.797. The molecule has 3 nitrogen and oxygen atoms in total. The lowest BCUT2D eigenvalue weighted by Crippen LogP contribution is -2.45. The maximum absolute atomic E-state index is 12.1. The van der Waals surface area contributed by atoms with Crippen LogP contribution >= 0.6 is 0 Å². The number of carbonyl (C=O) groups is 1. The van der Waals surface area contributed by atoms with E-state index in [9.17, 15) is 4.79 Å². The standard InChI is InChI=1S/C13H26N2O/c1-10(8-14)5-7-13(16)15-9-11(2)4-6-12(15)3/h10-12H,4-9,14H2,1-3H3. The zero-order valence-electron chi connectivity index (χ0n) is 10.9. The summed E-state index contributed by atoms with van der Waals surface area (Å²) in [6.45, 7) is 8.12. The number of nitrogens with two attached hydrogens (primary N) is 1. The summed E-state index contributed by atoms with van der Waals surface area (Å²) < 4.78 is 0. The topological polar surface area (TPSA) is 46.3 Å². The first-order chi connectivity index (χ1) is 7.54. The molecule has 1 aliphatic heterocycles. The van der Waals surface area contributed by atoms with E-state index >= 15 is 0 Å². The van der Waals surface area contributed by atoms with Crippen LogP contribution in [0.25, 0.3) is 0 Å². The highest BCUT2D eigenvalue weighted by Crippen LogP contribution is 2.22. The maximum Gasteiger partial charge on any atom is 0.222 e. The van der Waals surface area contributed by atoms with Crippen molar-refractivity contribution in [1.29, 1.82) is 0 Å². The second-order valence-electron chi connectivity index (χ2n) is 5.46. The molecule has 0 radical (unpaired) electrons. The summed E-state index contributed by atoms with van der Waals surface area (Å²) in [7, 11) is 0. The van der Waals surface area contributed by atoms with Crippen molar-refractivity contribution in [1.82, 2.24) is 4.90 Å². The van der Waals surface area contributed by atoms with Crippen molar-refractivity contribution in [2.75, 3.05) is 13.1 Å². The van der Waals surface area contributed by atoms with E-state index in [0.717, 1.165) is 19.4 Å². The van der Waals surface area contributed by atoms with Gasteiger partial charge in [-0.25, -0.2) is 0 Å². The van der Waals surface area contributed by atoms with Crippen molar-refractivity contribution < 1.29 is 4.79 Å². The number of amides is 1. The van der Waals surface area contributed by atoms with Crippen molar-refractivity contribution >= 4 is 5.91 Å². The second-order valence-corrected chi connectivity index (χ2v) is 5.46. The summed E-state index contributed by atoms with van der Waals surface area (Å²) in [5.74, 6) is 1.44. The molecule has 0 aromatic heterocycles. The molecular weight excluding hydrogens is 200 g/mol. The molecule has 3 unspecified atom stereocenters. The van der Waals surface area contributed by atoms with Crippen LogP contribution in [0.5, 0.6) is 0 Å². The van der Waals surface area contributed by atoms with Crippen LogP contribution in [-0.4, -0.2) is 29.9 Å². The molecule has 2 N–H and O–H groups in total. The molecule has 1 rings (SSSR count). The van der Waals surface area contributed by atoms with Gasteiger partial charge in [0, 0.05) is 19.0 Å². The predicted octanol–water partition coefficient (Wildman–Crippen LogP) is 2.01. The molecule has 1 amide bonds. The van der Waals surface area contributed by atoms with Crippen molar-refractivity contribution in [2.24, 2.45) is 17.6 Å². The van der Waals surface area contributed by atoms with Gasteiger partial charge in [0.25, 0.3) is 0 Å². The third kappa shape index (κ3) is 3.78. The number of hydrogen-bond acceptors (Lipinski definition) is 2. The highest BCUT2D eigenvalue weighted by molar-refractivity contribution is 5.76. The number of hydrogen-bond donors (Lipinski definition) is 1. The summed E-state index contributed by atoms with van der Waals surface area (Å²) in [4.78, 5) is 14.1. The molecular formula is C13H26N2O. The average Bonchev–Trinajstić information content (AvgIpc) is 2.28. The molecule has 1 aliphatic rings. The zero-order chi connectivity index (χ0) is 12.1. The molecule has 16 heavy (non-hydrogen) atoms. The summed E-state index contributed by atoms with van der Waals surface area (Å²) >= 11 is 0. The third-order valence-electron chi connectivity index (χ3n) is 3.69. The highest BCUT2D eigenvalue weighted by atomic mass is 16.2. The van der Waals surface area contributed by atoms with Crippen LogP contribution in [0.3, 0.4) is 0 Å². The lowest BCUT2D eigenvalue weighted by atomic mass is 9.94. The van der Waals surface area contributed by atoms with E-state index < -0.39 is 0 Å². The maximum atomic E-state index is 12.1. The van der Waals surface area contributed by atoms with Gasteiger partial charge in [0.1, 0.15) is 0 Å². The highest BCUT2D eigenvalue weighted by Gasteiger charge is 2.26. The van der Waals surface area contributed by atoms with Crippen molar-refractivity contribution in [2.45, 2.75) is 52.5 Å². The van der Waals surface area contributed by atoms with E-state index in [4.69, 9.17) is 5.73 Å². The van der Waals surface area contributed by atoms with E-state index in [1.54, 1.807) is 0 Å². The number of likely N-dealkylation sites (tertiary alicyclic amines) is 1. The molecule has 94 valence electrons. The van der Waals surface area contributed by atoms with Crippen LogP contribution in [0.15, 0.2) is 0 Å². The van der Waals surface area contributed by atoms with E-state index in [1.165, 1.54) is 6.42 Å². The van der Waals surface area contributed by atoms with Gasteiger partial charge in [-0.2, -0.15) is 0 Å². The number of rotatable bonds is 4. The molecule has 0 aromatic carbocycles. The van der Waals surface area contributed by atoms with Gasteiger partial charge in [-0.05, 0) is 44.6 Å². The monoisotopic (exact) mass is 226 g/mol. The van der Waals surface area contributed by atoms with Gasteiger partial charge in [0.05, 0.1) is 0 Å². The molecule has 1 fully saturated rings. The molecule has 3 atom stereocenters. The summed E-state index contributed by atoms with van der Waals surface area (Å²) in [6.07, 6.45) is 3.99. The third-order valence-corrected chi connectivity index (χ3v) is 3.69. The minimum atomic E-state index is 0.319. The van der Waals surface area contributed by atoms with Crippen molar-refractivity contribution in [3.05, 3.63) is 0 Å². The molecule has 1 saturated heterocycles. The first-order valence-electron chi connectivity index (χ1n) is 6.54. The Morgan fingerprint density at radius 1 is 1.44 bits per heavy atom. The Bertz CT molecular complexity index is 230. The average molecular weight is 226 g/mol. The van der Waals surface area contributed by atoms with Gasteiger partial charge in [0.2, 0.25) is 5.91 Å². The zero-order valence-corrected chi connectivity index (χ0v) is 10.9. The van der Waals surface area contributed by atoms with Crippen LogP contribution in [0.1, 0.15) is 46.5 Å². The normalized spacial score (nSPS) is 27.9. The fourth-order valence-corrected chi connectivity index (χ4v) is 2.27. The number of carbonyl (C=O) groups excluding carboxylic acids is 1. The predicted molar refractivity (Wildman–Crippen MR) is 67.0 cm³/mol. The van der Waals surface area contributed by atoms with Crippen LogP contribution in [0.4, 0.5) is 0 Å². The van der Waals surface area contributed by atoms with Gasteiger partial charge in [-0.1, -0.05) is 13.8 Å². The van der Waals surface area contributed by atoms with Gasteiger partial charge in [-0.3, -0.25) is 4.79 Å². The van der Waals surface area contributed by atoms with E-state index in [1.807, 2.05) is 0 Å². The Balaban J connectivity index is 2.39. The summed E-state index contributed by atoms with van der Waals surface area (Å²) in [5.41, 5.74) is 5.56. The first-order valence-corrected chi connectivity index (χ1v) is 6.54. The molecule has 1 heterocycles. The van der Waals surface area contributed by atoms with Crippen LogP contribution in [0.2, 0.25) is 0 Å². The Kier molecular flexibility index (Phi) is 5.26. The molecule has 0 spiro atoms. The van der Waals surface area contributed by atoms with Crippen LogP contribution in [-0.2, 0) is 4.79 Å². The molecule has 0 bridgehead atoms. The second kappa shape index (κ2) is 6.24. The number of nitrogens with zero attached hydrogens (tertiary/aromatic N) is 1. The fraction of sp³-hybridized carbons (Fsp3) is 0.923. The van der Waals surface area contributed by atoms with Gasteiger partial charge >= 0.3 is 0 Å². The largest absolute Gasteiger partial charge is 0.340 e. The number of piperidine rings is 1. The minimum absolute atomic E-state index is 0.319. The summed E-state index contributed by atoms with van der Waals surface area (Å²) in [5, 5.41) is 0. The van der Waals surface area contributed by atoms with E-state index in [-0.39, 0.29) is 0 Å². The first kappa shape index (κ1) is 13.5. The van der Waals surface area contributed by atoms with Crippen LogP contribution < -0.4 is 5.73 Å². The molecule has 3 heteroatoms. The molecule has 0 aromatic rings. The van der Waals surface area contributed by atoms with E-state index in [0.29, 0.717) is 36.8 Å². The Labute approximate surface area is 99.4 Å². The molecule has 0 saturated carbocycles. The SMILES string of the molecule is CC(CN)CCC(=O)N1CC(C)CCC1C. The van der Waals surface area contributed by atoms with Crippen molar-refractivity contribution in [3.8, 4) is 0 Å². The summed E-state index contributed by atoms with van der Waals surface area (Å²) in [6, 6.07) is 0.428. The van der Waals surface area contributed by atoms with Crippen LogP contribution in [0, 0.1) is 11.8 Å². The fourth-order valence-electron chi connectivity index (χ4n) is 2.27. The smallest absolute Gasteiger partial charge is 0.222 e. The van der Waals surface area contributed by atoms with Gasteiger partial charge in [-0.15, -0.1) is 0 Å². The Morgan fingerprint density at radius 2 is 2.12 bits per heavy atom. The van der Waals surface area contributed by atoms with Crippen molar-refractivity contribution in [3.63, 3.8) is 0 Å². The minimum Gasteiger partial charge on any atom is -0.340 e. The van der Waals surface area contributed by atoms with E-state index in [2.05, 4.69) is 25.7 Å².